The monoisotopic (exact) mass is 277 g/mol. The second-order valence-corrected chi connectivity index (χ2v) is 7.56. The lowest BCUT2D eigenvalue weighted by Crippen LogP contribution is -2.63. The Morgan fingerprint density at radius 1 is 1.39 bits per heavy atom. The molecule has 0 amide bonds. The fourth-order valence-corrected chi connectivity index (χ4v) is 5.21. The zero-order valence-electron chi connectivity index (χ0n) is 10.6. The molecule has 104 valence electrons. The van der Waals surface area contributed by atoms with Crippen LogP contribution in [0.4, 0.5) is 0 Å². The first-order valence-corrected chi connectivity index (χ1v) is 7.57. The highest BCUT2D eigenvalue weighted by molar-refractivity contribution is 7.89. The van der Waals surface area contributed by atoms with E-state index in [2.05, 4.69) is 4.74 Å². The van der Waals surface area contributed by atoms with E-state index >= 15 is 0 Å². The Labute approximate surface area is 107 Å². The van der Waals surface area contributed by atoms with Gasteiger partial charge in [-0.25, -0.2) is 8.42 Å². The molecule has 1 N–H and O–H groups in total. The second-order valence-electron chi connectivity index (χ2n) is 5.41. The SMILES string of the molecule is COC(=O)C1CCCC1S(=O)(=O)N1CC(C)(O)C1. The molecule has 1 aliphatic carbocycles. The van der Waals surface area contributed by atoms with Crippen LogP contribution >= 0.6 is 0 Å². The minimum absolute atomic E-state index is 0.111. The molecule has 18 heavy (non-hydrogen) atoms. The molecule has 2 aliphatic rings. The first kappa shape index (κ1) is 13.8. The van der Waals surface area contributed by atoms with Gasteiger partial charge >= 0.3 is 5.97 Å². The molecule has 2 atom stereocenters. The first-order chi connectivity index (χ1) is 8.28. The molecule has 1 saturated heterocycles. The molecule has 0 radical (unpaired) electrons. The van der Waals surface area contributed by atoms with Crippen LogP contribution in [-0.2, 0) is 19.6 Å². The maximum Gasteiger partial charge on any atom is 0.310 e. The number of carbonyl (C=O) groups is 1. The summed E-state index contributed by atoms with van der Waals surface area (Å²) in [6.07, 6.45) is 1.76. The molecule has 7 heteroatoms. The number of sulfonamides is 1. The van der Waals surface area contributed by atoms with Crippen molar-refractivity contribution >= 4 is 16.0 Å². The van der Waals surface area contributed by atoms with Crippen molar-refractivity contribution < 1.29 is 23.1 Å². The zero-order valence-corrected chi connectivity index (χ0v) is 11.4. The standard InChI is InChI=1S/C11H19NO5S/c1-11(14)6-12(7-11)18(15,16)9-5-3-4-8(9)10(13)17-2/h8-9,14H,3-7H2,1-2H3. The summed E-state index contributed by atoms with van der Waals surface area (Å²) in [7, 11) is -2.23. The third-order valence-corrected chi connectivity index (χ3v) is 6.04. The third-order valence-electron chi connectivity index (χ3n) is 3.73. The average molecular weight is 277 g/mol. The summed E-state index contributed by atoms with van der Waals surface area (Å²) in [5.41, 5.74) is -0.938. The van der Waals surface area contributed by atoms with Crippen molar-refractivity contribution in [3.8, 4) is 0 Å². The lowest BCUT2D eigenvalue weighted by Gasteiger charge is -2.44. The number of hydrogen-bond acceptors (Lipinski definition) is 5. The molecule has 0 spiro atoms. The number of aliphatic hydroxyl groups is 1. The number of β-amino-alcohol motifs (C(OH)–C–C–N with tert-alkyl or cyclic N) is 1. The van der Waals surface area contributed by atoms with Crippen molar-refractivity contribution in [2.75, 3.05) is 20.2 Å². The van der Waals surface area contributed by atoms with Crippen molar-refractivity contribution in [1.82, 2.24) is 4.31 Å². The quantitative estimate of drug-likeness (QED) is 0.718. The van der Waals surface area contributed by atoms with Crippen LogP contribution in [0.25, 0.3) is 0 Å². The maximum atomic E-state index is 12.3. The van der Waals surface area contributed by atoms with Crippen LogP contribution < -0.4 is 0 Å². The van der Waals surface area contributed by atoms with E-state index in [1.54, 1.807) is 6.92 Å². The van der Waals surface area contributed by atoms with Crippen LogP contribution in [0, 0.1) is 5.92 Å². The van der Waals surface area contributed by atoms with Crippen molar-refractivity contribution in [1.29, 1.82) is 0 Å². The predicted octanol–water partition coefficient (Wildman–Crippen LogP) is -0.275. The number of esters is 1. The minimum Gasteiger partial charge on any atom is -0.469 e. The molecule has 0 bridgehead atoms. The van der Waals surface area contributed by atoms with Gasteiger partial charge in [0.15, 0.2) is 0 Å². The van der Waals surface area contributed by atoms with E-state index in [0.29, 0.717) is 19.3 Å². The molecule has 6 nitrogen and oxygen atoms in total. The minimum atomic E-state index is -3.50. The summed E-state index contributed by atoms with van der Waals surface area (Å²) >= 11 is 0. The van der Waals surface area contributed by atoms with Gasteiger partial charge in [0.25, 0.3) is 0 Å². The second kappa shape index (κ2) is 4.47. The van der Waals surface area contributed by atoms with Crippen LogP contribution in [0.15, 0.2) is 0 Å². The van der Waals surface area contributed by atoms with Gasteiger partial charge in [0.2, 0.25) is 10.0 Å². The highest BCUT2D eigenvalue weighted by atomic mass is 32.2. The number of rotatable bonds is 3. The van der Waals surface area contributed by atoms with E-state index in [0.717, 1.165) is 0 Å². The molecule has 1 saturated carbocycles. The van der Waals surface area contributed by atoms with E-state index in [4.69, 9.17) is 0 Å². The Morgan fingerprint density at radius 2 is 2.00 bits per heavy atom. The van der Waals surface area contributed by atoms with Gasteiger partial charge in [-0.3, -0.25) is 4.79 Å². The van der Waals surface area contributed by atoms with Gasteiger partial charge < -0.3 is 9.84 Å². The largest absolute Gasteiger partial charge is 0.469 e. The number of ether oxygens (including phenoxy) is 1. The van der Waals surface area contributed by atoms with E-state index in [9.17, 15) is 18.3 Å². The molecule has 2 rings (SSSR count). The normalized spacial score (nSPS) is 31.9. The zero-order chi connectivity index (χ0) is 13.6. The van der Waals surface area contributed by atoms with Gasteiger partial charge in [-0.05, 0) is 19.8 Å². The molecule has 0 aromatic heterocycles. The summed E-state index contributed by atoms with van der Waals surface area (Å²) in [5.74, 6) is -1.01. The summed E-state index contributed by atoms with van der Waals surface area (Å²) in [4.78, 5) is 11.6. The average Bonchev–Trinajstić information content (AvgIpc) is 2.74. The van der Waals surface area contributed by atoms with E-state index < -0.39 is 32.8 Å². The molecule has 1 heterocycles. The van der Waals surface area contributed by atoms with Crippen LogP contribution in [0.2, 0.25) is 0 Å². The van der Waals surface area contributed by atoms with Gasteiger partial charge in [-0.2, -0.15) is 4.31 Å². The van der Waals surface area contributed by atoms with Gasteiger partial charge in [0, 0.05) is 13.1 Å². The summed E-state index contributed by atoms with van der Waals surface area (Å²) < 4.78 is 30.6. The lowest BCUT2D eigenvalue weighted by molar-refractivity contribution is -0.145. The third kappa shape index (κ3) is 2.26. The van der Waals surface area contributed by atoms with Crippen molar-refractivity contribution in [2.24, 2.45) is 5.92 Å². The summed E-state index contributed by atoms with van der Waals surface area (Å²) in [5, 5.41) is 8.92. The van der Waals surface area contributed by atoms with Crippen LogP contribution in [0.5, 0.6) is 0 Å². The summed E-state index contributed by atoms with van der Waals surface area (Å²) in [6.45, 7) is 1.82. The molecule has 1 aliphatic heterocycles. The van der Waals surface area contributed by atoms with Gasteiger partial charge in [0.1, 0.15) is 0 Å². The van der Waals surface area contributed by atoms with Crippen LogP contribution in [-0.4, -0.2) is 54.8 Å². The molecule has 2 unspecified atom stereocenters. The molecule has 2 fully saturated rings. The Bertz CT molecular complexity index is 436. The van der Waals surface area contributed by atoms with Crippen LogP contribution in [0.1, 0.15) is 26.2 Å². The highest BCUT2D eigenvalue weighted by Crippen LogP contribution is 2.36. The molecular weight excluding hydrogens is 258 g/mol. The fraction of sp³-hybridized carbons (Fsp3) is 0.909. The number of hydrogen-bond donors (Lipinski definition) is 1. The lowest BCUT2D eigenvalue weighted by atomic mass is 10.0. The Morgan fingerprint density at radius 3 is 2.50 bits per heavy atom. The number of carbonyl (C=O) groups excluding carboxylic acids is 1. The predicted molar refractivity (Wildman–Crippen MR) is 64.3 cm³/mol. The highest BCUT2D eigenvalue weighted by Gasteiger charge is 2.50. The topological polar surface area (TPSA) is 83.9 Å². The first-order valence-electron chi connectivity index (χ1n) is 6.07. The van der Waals surface area contributed by atoms with Gasteiger partial charge in [-0.1, -0.05) is 6.42 Å². The summed E-state index contributed by atoms with van der Waals surface area (Å²) in [6, 6.07) is 0. The van der Waals surface area contributed by atoms with E-state index in [1.807, 2.05) is 0 Å². The Kier molecular flexibility index (Phi) is 3.42. The molecular formula is C11H19NO5S. The maximum absolute atomic E-state index is 12.3. The smallest absolute Gasteiger partial charge is 0.310 e. The van der Waals surface area contributed by atoms with E-state index in [-0.39, 0.29) is 13.1 Å². The number of methoxy groups -OCH3 is 1. The number of nitrogens with zero attached hydrogens (tertiary/aromatic N) is 1. The fourth-order valence-electron chi connectivity index (χ4n) is 2.79. The Hall–Kier alpha value is -0.660. The van der Waals surface area contributed by atoms with Gasteiger partial charge in [-0.15, -0.1) is 0 Å². The van der Waals surface area contributed by atoms with Crippen molar-refractivity contribution in [3.05, 3.63) is 0 Å². The van der Waals surface area contributed by atoms with Crippen molar-refractivity contribution in [3.63, 3.8) is 0 Å². The Balaban J connectivity index is 2.13. The molecule has 0 aromatic carbocycles. The van der Waals surface area contributed by atoms with Gasteiger partial charge in [0.05, 0.1) is 23.9 Å². The van der Waals surface area contributed by atoms with Crippen LogP contribution in [0.3, 0.4) is 0 Å². The van der Waals surface area contributed by atoms with E-state index in [1.165, 1.54) is 11.4 Å². The molecule has 0 aromatic rings. The van der Waals surface area contributed by atoms with Crippen molar-refractivity contribution in [2.45, 2.75) is 37.0 Å².